The van der Waals surface area contributed by atoms with E-state index in [0.717, 1.165) is 9.35 Å². The van der Waals surface area contributed by atoms with E-state index in [4.69, 9.17) is 0 Å². The van der Waals surface area contributed by atoms with Crippen LogP contribution in [0.15, 0.2) is 57.3 Å². The molecule has 0 atom stereocenters. The minimum absolute atomic E-state index is 0.0681. The number of halogens is 1. The van der Waals surface area contributed by atoms with Gasteiger partial charge in [-0.1, -0.05) is 28.1 Å². The highest BCUT2D eigenvalue weighted by Crippen LogP contribution is 2.31. The summed E-state index contributed by atoms with van der Waals surface area (Å²) in [6, 6.07) is 10.9. The number of thiophene rings is 1. The Hall–Kier alpha value is -1.64. The first-order valence-corrected chi connectivity index (χ1v) is 10.4. The zero-order chi connectivity index (χ0) is 17.3. The molecule has 1 N–H and O–H groups in total. The van der Waals surface area contributed by atoms with Crippen molar-refractivity contribution in [1.29, 1.82) is 0 Å². The van der Waals surface area contributed by atoms with Crippen LogP contribution < -0.4 is 4.72 Å². The quantitative estimate of drug-likeness (QED) is 0.640. The van der Waals surface area contributed by atoms with Crippen molar-refractivity contribution in [3.05, 3.63) is 52.4 Å². The van der Waals surface area contributed by atoms with Crippen LogP contribution in [0, 0.1) is 0 Å². The molecule has 1 aromatic carbocycles. The van der Waals surface area contributed by atoms with Crippen molar-refractivity contribution in [2.75, 3.05) is 4.72 Å². The average molecular weight is 426 g/mol. The van der Waals surface area contributed by atoms with E-state index in [-0.39, 0.29) is 10.9 Å². The average Bonchev–Trinajstić information content (AvgIpc) is 3.16. The van der Waals surface area contributed by atoms with Gasteiger partial charge in [0.05, 0.1) is 4.88 Å². The lowest BCUT2D eigenvalue weighted by molar-refractivity contribution is 0.532. The predicted octanol–water partition coefficient (Wildman–Crippen LogP) is 4.76. The molecule has 24 heavy (non-hydrogen) atoms. The van der Waals surface area contributed by atoms with Gasteiger partial charge in [-0.3, -0.25) is 9.40 Å². The lowest BCUT2D eigenvalue weighted by atomic mass is 10.3. The van der Waals surface area contributed by atoms with Crippen LogP contribution in [0.3, 0.4) is 0 Å². The van der Waals surface area contributed by atoms with Crippen LogP contribution in [0.2, 0.25) is 0 Å². The second-order valence-electron chi connectivity index (χ2n) is 5.51. The fourth-order valence-electron chi connectivity index (χ4n) is 2.18. The summed E-state index contributed by atoms with van der Waals surface area (Å²) in [5, 5.41) is 6.38. The minimum Gasteiger partial charge on any atom is -0.279 e. The Bertz CT molecular complexity index is 948. The van der Waals surface area contributed by atoms with Gasteiger partial charge in [-0.15, -0.1) is 11.3 Å². The van der Waals surface area contributed by atoms with Crippen molar-refractivity contribution >= 4 is 43.0 Å². The van der Waals surface area contributed by atoms with Crippen molar-refractivity contribution < 1.29 is 8.42 Å². The molecule has 0 fully saturated rings. The molecule has 0 radical (unpaired) electrons. The highest BCUT2D eigenvalue weighted by molar-refractivity contribution is 9.10. The molecule has 0 aliphatic rings. The van der Waals surface area contributed by atoms with Crippen LogP contribution >= 0.6 is 27.3 Å². The molecule has 5 nitrogen and oxygen atoms in total. The summed E-state index contributed by atoms with van der Waals surface area (Å²) in [5.41, 5.74) is 0.972. The van der Waals surface area contributed by atoms with E-state index < -0.39 is 10.0 Å². The Morgan fingerprint density at radius 2 is 2.04 bits per heavy atom. The SMILES string of the molecule is CC(C)n1cc(S(=O)(=O)Nc2cccc(Br)c2)c(-c2cccs2)n1. The van der Waals surface area contributed by atoms with Gasteiger partial charge in [0.1, 0.15) is 10.6 Å². The van der Waals surface area contributed by atoms with E-state index in [9.17, 15) is 8.42 Å². The second-order valence-corrected chi connectivity index (χ2v) is 9.02. The summed E-state index contributed by atoms with van der Waals surface area (Å²) in [5.74, 6) is 0. The molecule has 8 heteroatoms. The highest BCUT2D eigenvalue weighted by Gasteiger charge is 2.25. The first-order chi connectivity index (χ1) is 11.4. The van der Waals surface area contributed by atoms with E-state index >= 15 is 0 Å². The molecule has 0 aliphatic heterocycles. The normalized spacial score (nSPS) is 11.8. The summed E-state index contributed by atoms with van der Waals surface area (Å²) in [6.45, 7) is 3.92. The smallest absolute Gasteiger partial charge is 0.265 e. The van der Waals surface area contributed by atoms with Gasteiger partial charge < -0.3 is 0 Å². The topological polar surface area (TPSA) is 64.0 Å². The zero-order valence-corrected chi connectivity index (χ0v) is 16.3. The molecule has 0 saturated heterocycles. The molecule has 0 spiro atoms. The van der Waals surface area contributed by atoms with Crippen molar-refractivity contribution in [2.24, 2.45) is 0 Å². The van der Waals surface area contributed by atoms with E-state index in [1.807, 2.05) is 37.4 Å². The monoisotopic (exact) mass is 425 g/mol. The number of benzene rings is 1. The molecule has 0 unspecified atom stereocenters. The zero-order valence-electron chi connectivity index (χ0n) is 13.1. The summed E-state index contributed by atoms with van der Waals surface area (Å²) in [4.78, 5) is 1.00. The van der Waals surface area contributed by atoms with Crippen LogP contribution in [-0.4, -0.2) is 18.2 Å². The summed E-state index contributed by atoms with van der Waals surface area (Å²) in [6.07, 6.45) is 1.58. The first kappa shape index (κ1) is 17.2. The Kier molecular flexibility index (Phi) is 4.80. The molecule has 2 aromatic heterocycles. The Balaban J connectivity index is 2.06. The van der Waals surface area contributed by atoms with Gasteiger partial charge in [0, 0.05) is 22.4 Å². The predicted molar refractivity (Wildman–Crippen MR) is 101 cm³/mol. The van der Waals surface area contributed by atoms with E-state index in [2.05, 4.69) is 25.8 Å². The summed E-state index contributed by atoms with van der Waals surface area (Å²) >= 11 is 4.81. The molecular formula is C16H16BrN3O2S2. The molecule has 2 heterocycles. The molecule has 0 aliphatic carbocycles. The van der Waals surface area contributed by atoms with Gasteiger partial charge in [0.2, 0.25) is 0 Å². The van der Waals surface area contributed by atoms with Crippen molar-refractivity contribution in [1.82, 2.24) is 9.78 Å². The number of nitrogens with one attached hydrogen (secondary N) is 1. The maximum atomic E-state index is 12.9. The third-order valence-corrected chi connectivity index (χ3v) is 6.10. The molecule has 0 amide bonds. The second kappa shape index (κ2) is 6.70. The first-order valence-electron chi connectivity index (χ1n) is 7.28. The van der Waals surface area contributed by atoms with E-state index in [0.29, 0.717) is 11.4 Å². The molecule has 3 aromatic rings. The number of nitrogens with zero attached hydrogens (tertiary/aromatic N) is 2. The van der Waals surface area contributed by atoms with Gasteiger partial charge in [-0.2, -0.15) is 5.10 Å². The molecule has 3 rings (SSSR count). The fourth-order valence-corrected chi connectivity index (χ4v) is 4.57. The number of sulfonamides is 1. The largest absolute Gasteiger partial charge is 0.279 e. The molecule has 0 saturated carbocycles. The Labute approximate surface area is 153 Å². The Morgan fingerprint density at radius 3 is 2.67 bits per heavy atom. The van der Waals surface area contributed by atoms with Gasteiger partial charge in [-0.05, 0) is 43.5 Å². The standard InChI is InChI=1S/C16H16BrN3O2S2/c1-11(2)20-10-15(16(18-20)14-7-4-8-23-14)24(21,22)19-13-6-3-5-12(17)9-13/h3-11,19H,1-2H3. The van der Waals surface area contributed by atoms with Gasteiger partial charge in [-0.25, -0.2) is 8.42 Å². The third kappa shape index (κ3) is 3.55. The van der Waals surface area contributed by atoms with Gasteiger partial charge >= 0.3 is 0 Å². The van der Waals surface area contributed by atoms with Crippen LogP contribution in [0.1, 0.15) is 19.9 Å². The van der Waals surface area contributed by atoms with Crippen LogP contribution in [0.4, 0.5) is 5.69 Å². The summed E-state index contributed by atoms with van der Waals surface area (Å²) in [7, 11) is -3.75. The van der Waals surface area contributed by atoms with Gasteiger partial charge in [0.15, 0.2) is 0 Å². The summed E-state index contributed by atoms with van der Waals surface area (Å²) < 4.78 is 30.9. The molecule has 126 valence electrons. The highest BCUT2D eigenvalue weighted by atomic mass is 79.9. The number of hydrogen-bond acceptors (Lipinski definition) is 4. The number of rotatable bonds is 5. The Morgan fingerprint density at radius 1 is 1.25 bits per heavy atom. The number of hydrogen-bond donors (Lipinski definition) is 1. The lowest BCUT2D eigenvalue weighted by Gasteiger charge is -2.08. The maximum Gasteiger partial charge on any atom is 0.265 e. The van der Waals surface area contributed by atoms with Crippen LogP contribution in [0.5, 0.6) is 0 Å². The molecular weight excluding hydrogens is 410 g/mol. The van der Waals surface area contributed by atoms with Crippen molar-refractivity contribution in [3.63, 3.8) is 0 Å². The van der Waals surface area contributed by atoms with Crippen molar-refractivity contribution in [2.45, 2.75) is 24.8 Å². The maximum absolute atomic E-state index is 12.9. The van der Waals surface area contributed by atoms with Crippen LogP contribution in [-0.2, 0) is 10.0 Å². The van der Waals surface area contributed by atoms with E-state index in [1.165, 1.54) is 11.3 Å². The molecule has 0 bridgehead atoms. The van der Waals surface area contributed by atoms with Crippen LogP contribution in [0.25, 0.3) is 10.6 Å². The third-order valence-electron chi connectivity index (χ3n) is 3.35. The van der Waals surface area contributed by atoms with Crippen molar-refractivity contribution in [3.8, 4) is 10.6 Å². The number of anilines is 1. The number of aromatic nitrogens is 2. The minimum atomic E-state index is -3.75. The lowest BCUT2D eigenvalue weighted by Crippen LogP contribution is -2.13. The van der Waals surface area contributed by atoms with E-state index in [1.54, 1.807) is 29.1 Å². The van der Waals surface area contributed by atoms with Gasteiger partial charge in [0.25, 0.3) is 10.0 Å². The fraction of sp³-hybridized carbons (Fsp3) is 0.188.